The molecule has 1 saturated carbocycles. The zero-order valence-electron chi connectivity index (χ0n) is 13.2. The van der Waals surface area contributed by atoms with Gasteiger partial charge in [0.2, 0.25) is 0 Å². The zero-order chi connectivity index (χ0) is 15.3. The number of benzene rings is 1. The molecule has 0 spiro atoms. The Morgan fingerprint density at radius 2 is 2.00 bits per heavy atom. The molecule has 1 atom stereocenters. The number of rotatable bonds is 6. The Labute approximate surface area is 133 Å². The lowest BCUT2D eigenvalue weighted by Crippen LogP contribution is -2.46. The van der Waals surface area contributed by atoms with Crippen molar-refractivity contribution in [3.63, 3.8) is 0 Å². The molecule has 1 N–H and O–H groups in total. The SMILES string of the molecule is CCCNC(Cc1cc(Cl)ccc1F)C1(C)CCCCC1. The molecule has 1 aliphatic carbocycles. The fourth-order valence-corrected chi connectivity index (χ4v) is 3.71. The van der Waals surface area contributed by atoms with Gasteiger partial charge in [-0.3, -0.25) is 0 Å². The van der Waals surface area contributed by atoms with E-state index in [1.807, 2.05) is 0 Å². The highest BCUT2D eigenvalue weighted by molar-refractivity contribution is 6.30. The second-order valence-electron chi connectivity index (χ2n) is 6.66. The average molecular weight is 312 g/mol. The van der Waals surface area contributed by atoms with Gasteiger partial charge in [-0.15, -0.1) is 0 Å². The van der Waals surface area contributed by atoms with Crippen molar-refractivity contribution in [1.29, 1.82) is 0 Å². The van der Waals surface area contributed by atoms with Crippen molar-refractivity contribution in [2.24, 2.45) is 5.41 Å². The Morgan fingerprint density at radius 1 is 1.29 bits per heavy atom. The summed E-state index contributed by atoms with van der Waals surface area (Å²) < 4.78 is 14.1. The molecule has 2 rings (SSSR count). The minimum Gasteiger partial charge on any atom is -0.313 e. The Balaban J connectivity index is 2.17. The molecule has 1 aromatic rings. The predicted molar refractivity (Wildman–Crippen MR) is 88.4 cm³/mol. The maximum absolute atomic E-state index is 14.1. The Hall–Kier alpha value is -0.600. The van der Waals surface area contributed by atoms with E-state index in [1.54, 1.807) is 12.1 Å². The highest BCUT2D eigenvalue weighted by Gasteiger charge is 2.35. The van der Waals surface area contributed by atoms with Crippen molar-refractivity contribution in [2.45, 2.75) is 64.8 Å². The fourth-order valence-electron chi connectivity index (χ4n) is 3.51. The van der Waals surface area contributed by atoms with Crippen molar-refractivity contribution in [1.82, 2.24) is 5.32 Å². The van der Waals surface area contributed by atoms with E-state index in [1.165, 1.54) is 38.2 Å². The molecule has 0 aliphatic heterocycles. The lowest BCUT2D eigenvalue weighted by Gasteiger charge is -2.41. The molecule has 1 aromatic carbocycles. The normalized spacial score (nSPS) is 19.4. The van der Waals surface area contributed by atoms with E-state index in [-0.39, 0.29) is 11.2 Å². The third-order valence-electron chi connectivity index (χ3n) is 4.91. The minimum absolute atomic E-state index is 0.137. The number of halogens is 2. The molecule has 1 unspecified atom stereocenters. The summed E-state index contributed by atoms with van der Waals surface area (Å²) in [5.74, 6) is -0.137. The van der Waals surface area contributed by atoms with Crippen LogP contribution >= 0.6 is 11.6 Å². The molecule has 0 aromatic heterocycles. The second kappa shape index (κ2) is 7.60. The van der Waals surface area contributed by atoms with Crippen LogP contribution in [-0.4, -0.2) is 12.6 Å². The first-order valence-electron chi connectivity index (χ1n) is 8.22. The van der Waals surface area contributed by atoms with E-state index < -0.39 is 0 Å². The molecule has 0 bridgehead atoms. The lowest BCUT2D eigenvalue weighted by molar-refractivity contribution is 0.143. The van der Waals surface area contributed by atoms with Gasteiger partial charge in [-0.2, -0.15) is 0 Å². The van der Waals surface area contributed by atoms with E-state index in [2.05, 4.69) is 19.2 Å². The first-order valence-corrected chi connectivity index (χ1v) is 8.60. The van der Waals surface area contributed by atoms with Crippen LogP contribution in [0.5, 0.6) is 0 Å². The van der Waals surface area contributed by atoms with E-state index in [4.69, 9.17) is 11.6 Å². The molecule has 1 aliphatic rings. The van der Waals surface area contributed by atoms with Crippen LogP contribution in [0.4, 0.5) is 4.39 Å². The van der Waals surface area contributed by atoms with Gasteiger partial charge in [0.05, 0.1) is 0 Å². The summed E-state index contributed by atoms with van der Waals surface area (Å²) in [5.41, 5.74) is 1.00. The molecule has 3 heteroatoms. The molecular weight excluding hydrogens is 285 g/mol. The summed E-state index contributed by atoms with van der Waals surface area (Å²) >= 11 is 6.04. The highest BCUT2D eigenvalue weighted by atomic mass is 35.5. The largest absolute Gasteiger partial charge is 0.313 e. The van der Waals surface area contributed by atoms with Crippen LogP contribution in [0.25, 0.3) is 0 Å². The molecule has 1 fully saturated rings. The second-order valence-corrected chi connectivity index (χ2v) is 7.10. The van der Waals surface area contributed by atoms with Crippen molar-refractivity contribution in [3.05, 3.63) is 34.6 Å². The van der Waals surface area contributed by atoms with Gasteiger partial charge in [0, 0.05) is 11.1 Å². The van der Waals surface area contributed by atoms with Crippen molar-refractivity contribution < 1.29 is 4.39 Å². The molecule has 0 saturated heterocycles. The molecule has 0 radical (unpaired) electrons. The van der Waals surface area contributed by atoms with Gasteiger partial charge in [-0.25, -0.2) is 4.39 Å². The third kappa shape index (κ3) is 4.43. The van der Waals surface area contributed by atoms with Crippen molar-refractivity contribution in [3.8, 4) is 0 Å². The first-order chi connectivity index (χ1) is 10.0. The maximum Gasteiger partial charge on any atom is 0.126 e. The van der Waals surface area contributed by atoms with Gasteiger partial charge >= 0.3 is 0 Å². The van der Waals surface area contributed by atoms with Gasteiger partial charge in [0.1, 0.15) is 5.82 Å². The van der Waals surface area contributed by atoms with E-state index >= 15 is 0 Å². The van der Waals surface area contributed by atoms with E-state index in [0.29, 0.717) is 11.1 Å². The van der Waals surface area contributed by atoms with E-state index in [0.717, 1.165) is 24.9 Å². The summed E-state index contributed by atoms with van der Waals surface area (Å²) in [6.07, 6.45) is 8.21. The summed E-state index contributed by atoms with van der Waals surface area (Å²) in [7, 11) is 0. The minimum atomic E-state index is -0.137. The van der Waals surface area contributed by atoms with Gasteiger partial charge in [-0.05, 0) is 61.4 Å². The van der Waals surface area contributed by atoms with Gasteiger partial charge in [0.15, 0.2) is 0 Å². The van der Waals surface area contributed by atoms with Crippen LogP contribution < -0.4 is 5.32 Å². The summed E-state index contributed by atoms with van der Waals surface area (Å²) in [4.78, 5) is 0. The van der Waals surface area contributed by atoms with Gasteiger partial charge in [-0.1, -0.05) is 44.7 Å². The van der Waals surface area contributed by atoms with E-state index in [9.17, 15) is 4.39 Å². The lowest BCUT2D eigenvalue weighted by atomic mass is 9.69. The molecule has 0 amide bonds. The molecule has 118 valence electrons. The van der Waals surface area contributed by atoms with Crippen LogP contribution in [0.15, 0.2) is 18.2 Å². The molecule has 1 nitrogen and oxygen atoms in total. The number of nitrogens with one attached hydrogen (secondary N) is 1. The first kappa shape index (κ1) is 16.8. The predicted octanol–water partition coefficient (Wildman–Crippen LogP) is 5.36. The monoisotopic (exact) mass is 311 g/mol. The van der Waals surface area contributed by atoms with Crippen LogP contribution in [0.2, 0.25) is 5.02 Å². The Kier molecular flexibility index (Phi) is 6.07. The quantitative estimate of drug-likeness (QED) is 0.745. The zero-order valence-corrected chi connectivity index (χ0v) is 14.0. The van der Waals surface area contributed by atoms with Crippen LogP contribution in [0.3, 0.4) is 0 Å². The smallest absolute Gasteiger partial charge is 0.126 e. The van der Waals surface area contributed by atoms with Crippen LogP contribution in [0, 0.1) is 11.2 Å². The van der Waals surface area contributed by atoms with Gasteiger partial charge < -0.3 is 5.32 Å². The van der Waals surface area contributed by atoms with Crippen LogP contribution in [0.1, 0.15) is 57.9 Å². The van der Waals surface area contributed by atoms with Crippen molar-refractivity contribution in [2.75, 3.05) is 6.54 Å². The Bertz CT molecular complexity index is 455. The summed E-state index contributed by atoms with van der Waals surface area (Å²) in [6, 6.07) is 5.21. The average Bonchev–Trinajstić information content (AvgIpc) is 2.47. The van der Waals surface area contributed by atoms with Crippen LogP contribution in [-0.2, 0) is 6.42 Å². The topological polar surface area (TPSA) is 12.0 Å². The maximum atomic E-state index is 14.1. The van der Waals surface area contributed by atoms with Crippen molar-refractivity contribution >= 4 is 11.6 Å². The molecule has 21 heavy (non-hydrogen) atoms. The highest BCUT2D eigenvalue weighted by Crippen LogP contribution is 2.40. The molecular formula is C18H27ClFN. The number of hydrogen-bond donors (Lipinski definition) is 1. The molecule has 0 heterocycles. The van der Waals surface area contributed by atoms with Gasteiger partial charge in [0.25, 0.3) is 0 Å². The standard InChI is InChI=1S/C18H27ClFN/c1-3-11-21-17(18(2)9-5-4-6-10-18)13-14-12-15(19)7-8-16(14)20/h7-8,12,17,21H,3-6,9-11,13H2,1-2H3. The Morgan fingerprint density at radius 3 is 2.67 bits per heavy atom. The fraction of sp³-hybridized carbons (Fsp3) is 0.667. The third-order valence-corrected chi connectivity index (χ3v) is 5.14. The number of hydrogen-bond acceptors (Lipinski definition) is 1. The summed E-state index contributed by atoms with van der Waals surface area (Å²) in [6.45, 7) is 5.53. The summed E-state index contributed by atoms with van der Waals surface area (Å²) in [5, 5.41) is 4.28.